The molecule has 7 heteroatoms. The molecule has 1 atom stereocenters. The van der Waals surface area contributed by atoms with E-state index in [9.17, 15) is 4.79 Å². The van der Waals surface area contributed by atoms with Gasteiger partial charge in [-0.3, -0.25) is 4.79 Å². The van der Waals surface area contributed by atoms with E-state index in [1.165, 1.54) is 12.6 Å². The summed E-state index contributed by atoms with van der Waals surface area (Å²) >= 11 is 0. The number of ether oxygens (including phenoxy) is 1. The van der Waals surface area contributed by atoms with Crippen LogP contribution in [0.1, 0.15) is 58.4 Å². The SMILES string of the molecule is CC.CCC(=O)OC.CCCC(C[NH2+]O)c1ccc([PH+](O)O)cc1. The summed E-state index contributed by atoms with van der Waals surface area (Å²) in [6.07, 6.45) is 2.55. The number of methoxy groups -OCH3 is 1. The summed E-state index contributed by atoms with van der Waals surface area (Å²) in [5, 5.41) is 9.46. The fourth-order valence-electron chi connectivity index (χ4n) is 1.94. The molecule has 0 aliphatic carbocycles. The molecule has 1 aromatic carbocycles. The smallest absolute Gasteiger partial charge is 0.305 e. The van der Waals surface area contributed by atoms with Crippen LogP contribution in [0.5, 0.6) is 0 Å². The van der Waals surface area contributed by atoms with Crippen molar-refractivity contribution in [3.05, 3.63) is 29.8 Å². The molecular weight excluding hydrogens is 329 g/mol. The Morgan fingerprint density at radius 3 is 2.04 bits per heavy atom. The summed E-state index contributed by atoms with van der Waals surface area (Å²) in [5.74, 6) is 0.159. The molecule has 0 saturated carbocycles. The van der Waals surface area contributed by atoms with E-state index < -0.39 is 8.38 Å². The Bertz CT molecular complexity index is 400. The van der Waals surface area contributed by atoms with Crippen LogP contribution in [-0.4, -0.2) is 34.6 Å². The lowest BCUT2D eigenvalue weighted by Gasteiger charge is -2.13. The van der Waals surface area contributed by atoms with Gasteiger partial charge in [0.25, 0.3) is 8.38 Å². The van der Waals surface area contributed by atoms with Crippen molar-refractivity contribution >= 4 is 19.6 Å². The minimum atomic E-state index is -2.34. The van der Waals surface area contributed by atoms with Crippen LogP contribution in [0.2, 0.25) is 0 Å². The highest BCUT2D eigenvalue weighted by molar-refractivity contribution is 7.54. The molecule has 0 heterocycles. The first-order valence-corrected chi connectivity index (χ1v) is 9.77. The van der Waals surface area contributed by atoms with Crippen molar-refractivity contribution in [1.82, 2.24) is 0 Å². The Balaban J connectivity index is 0. The van der Waals surface area contributed by atoms with Gasteiger partial charge in [-0.15, -0.1) is 0 Å². The van der Waals surface area contributed by atoms with Crippen LogP contribution in [0.4, 0.5) is 0 Å². The second kappa shape index (κ2) is 16.8. The Morgan fingerprint density at radius 1 is 1.21 bits per heavy atom. The number of carbonyl (C=O) groups excluding carboxylic acids is 1. The lowest BCUT2D eigenvalue weighted by Crippen LogP contribution is -2.81. The molecule has 1 aromatic rings. The Hall–Kier alpha value is -1.04. The summed E-state index contributed by atoms with van der Waals surface area (Å²) in [5.41, 5.74) is 2.33. The number of hydrogen-bond donors (Lipinski definition) is 4. The number of benzene rings is 1. The highest BCUT2D eigenvalue weighted by Gasteiger charge is 2.15. The van der Waals surface area contributed by atoms with Gasteiger partial charge < -0.3 is 4.74 Å². The molecule has 0 aromatic heterocycles. The number of rotatable bonds is 7. The van der Waals surface area contributed by atoms with Crippen molar-refractivity contribution in [2.45, 2.75) is 52.9 Å². The Morgan fingerprint density at radius 2 is 1.75 bits per heavy atom. The minimum absolute atomic E-state index is 0.157. The summed E-state index contributed by atoms with van der Waals surface area (Å²) in [6.45, 7) is 8.51. The van der Waals surface area contributed by atoms with E-state index in [1.54, 1.807) is 19.1 Å². The highest BCUT2D eigenvalue weighted by atomic mass is 31.2. The maximum atomic E-state index is 9.96. The van der Waals surface area contributed by atoms with Crippen molar-refractivity contribution in [2.75, 3.05) is 13.7 Å². The van der Waals surface area contributed by atoms with Gasteiger partial charge in [-0.05, 0) is 24.1 Å². The molecule has 0 saturated heterocycles. The zero-order valence-electron chi connectivity index (χ0n) is 15.5. The van der Waals surface area contributed by atoms with Crippen LogP contribution >= 0.6 is 8.38 Å². The van der Waals surface area contributed by atoms with E-state index in [2.05, 4.69) is 11.7 Å². The monoisotopic (exact) mass is 363 g/mol. The molecule has 5 N–H and O–H groups in total. The molecule has 6 nitrogen and oxygen atoms in total. The second-order valence-electron chi connectivity index (χ2n) is 4.78. The number of esters is 1. The van der Waals surface area contributed by atoms with Gasteiger partial charge in [0, 0.05) is 12.3 Å². The van der Waals surface area contributed by atoms with Gasteiger partial charge in [-0.2, -0.15) is 0 Å². The number of hydrogen-bond acceptors (Lipinski definition) is 5. The largest absolute Gasteiger partial charge is 0.469 e. The number of carbonyl (C=O) groups is 1. The third kappa shape index (κ3) is 11.5. The Kier molecular flexibility index (Phi) is 17.6. The zero-order valence-corrected chi connectivity index (χ0v) is 16.5. The number of hydroxylamine groups is 1. The fourth-order valence-corrected chi connectivity index (χ4v) is 2.41. The standard InChI is InChI=1S/C11H18NO3P.C4H8O2.C2H6/c1-2-3-10(8-12-13)9-4-6-11(7-5-9)16(14)15;1-3-4(5)6-2;1-2/h4-7,10,12-15H,2-3,8H2,1H3;3H2,1-2H3;1-2H3/p+2. The lowest BCUT2D eigenvalue weighted by atomic mass is 9.95. The first-order chi connectivity index (χ1) is 11.5. The van der Waals surface area contributed by atoms with Crippen molar-refractivity contribution in [3.63, 3.8) is 0 Å². The Labute approximate surface area is 146 Å². The highest BCUT2D eigenvalue weighted by Crippen LogP contribution is 2.24. The summed E-state index contributed by atoms with van der Waals surface area (Å²) in [4.78, 5) is 28.1. The van der Waals surface area contributed by atoms with Crippen LogP contribution in [0, 0.1) is 0 Å². The normalized spacial score (nSPS) is 10.9. The average Bonchev–Trinajstić information content (AvgIpc) is 2.63. The molecule has 24 heavy (non-hydrogen) atoms. The molecule has 0 aliphatic rings. The first kappa shape index (κ1) is 25.2. The fraction of sp³-hybridized carbons (Fsp3) is 0.588. The van der Waals surface area contributed by atoms with Gasteiger partial charge in [0.2, 0.25) is 0 Å². The van der Waals surface area contributed by atoms with E-state index >= 15 is 0 Å². The predicted octanol–water partition coefficient (Wildman–Crippen LogP) is 1.77. The molecule has 0 aliphatic heterocycles. The van der Waals surface area contributed by atoms with Gasteiger partial charge in [0.15, 0.2) is 0 Å². The number of quaternary nitrogens is 1. The summed E-state index contributed by atoms with van der Waals surface area (Å²) in [7, 11) is -0.954. The third-order valence-electron chi connectivity index (χ3n) is 3.18. The third-order valence-corrected chi connectivity index (χ3v) is 4.03. The predicted molar refractivity (Wildman–Crippen MR) is 98.7 cm³/mol. The maximum Gasteiger partial charge on any atom is 0.305 e. The zero-order chi connectivity index (χ0) is 19.0. The van der Waals surface area contributed by atoms with Crippen LogP contribution in [-0.2, 0) is 9.53 Å². The first-order valence-electron chi connectivity index (χ1n) is 8.37. The van der Waals surface area contributed by atoms with Gasteiger partial charge >= 0.3 is 5.97 Å². The van der Waals surface area contributed by atoms with E-state index in [-0.39, 0.29) is 5.97 Å². The van der Waals surface area contributed by atoms with E-state index in [0.29, 0.717) is 24.2 Å². The number of nitrogens with two attached hydrogens (primary N) is 1. The van der Waals surface area contributed by atoms with Crippen LogP contribution in [0.15, 0.2) is 24.3 Å². The molecule has 1 unspecified atom stereocenters. The van der Waals surface area contributed by atoms with Gasteiger partial charge in [0.1, 0.15) is 11.8 Å². The topological polar surface area (TPSA) is 104 Å². The van der Waals surface area contributed by atoms with E-state index in [1.807, 2.05) is 26.0 Å². The van der Waals surface area contributed by atoms with E-state index in [4.69, 9.17) is 15.0 Å². The van der Waals surface area contributed by atoms with Crippen LogP contribution in [0.25, 0.3) is 0 Å². The van der Waals surface area contributed by atoms with Crippen molar-refractivity contribution < 1.29 is 30.0 Å². The summed E-state index contributed by atoms with van der Waals surface area (Å²) in [6, 6.07) is 7.33. The maximum absolute atomic E-state index is 9.96. The minimum Gasteiger partial charge on any atom is -0.469 e. The molecule has 0 bridgehead atoms. The molecule has 140 valence electrons. The van der Waals surface area contributed by atoms with Crippen molar-refractivity contribution in [2.24, 2.45) is 0 Å². The van der Waals surface area contributed by atoms with E-state index in [0.717, 1.165) is 18.4 Å². The molecule has 1 rings (SSSR count). The molecular formula is C17H34NO5P+2. The quantitative estimate of drug-likeness (QED) is 0.336. The van der Waals surface area contributed by atoms with Crippen LogP contribution in [0.3, 0.4) is 0 Å². The molecule has 0 spiro atoms. The van der Waals surface area contributed by atoms with Crippen molar-refractivity contribution in [3.8, 4) is 0 Å². The molecule has 0 amide bonds. The molecule has 0 radical (unpaired) electrons. The van der Waals surface area contributed by atoms with Gasteiger partial charge in [0.05, 0.1) is 7.11 Å². The van der Waals surface area contributed by atoms with Crippen molar-refractivity contribution in [1.29, 1.82) is 0 Å². The summed E-state index contributed by atoms with van der Waals surface area (Å²) < 4.78 is 4.26. The van der Waals surface area contributed by atoms with Crippen LogP contribution < -0.4 is 10.8 Å². The molecule has 0 fully saturated rings. The second-order valence-corrected chi connectivity index (χ2v) is 6.00. The average molecular weight is 363 g/mol. The lowest BCUT2D eigenvalue weighted by molar-refractivity contribution is -0.887. The van der Waals surface area contributed by atoms with Gasteiger partial charge in [-0.1, -0.05) is 46.2 Å². The van der Waals surface area contributed by atoms with Gasteiger partial charge in [-0.25, -0.2) is 20.5 Å².